The Morgan fingerprint density at radius 1 is 1.30 bits per heavy atom. The number of ether oxygens (including phenoxy) is 1. The number of rotatable bonds is 9. The number of benzene rings is 1. The largest absolute Gasteiger partial charge is 0.497 e. The van der Waals surface area contributed by atoms with Crippen LogP contribution < -0.4 is 10.1 Å². The van der Waals surface area contributed by atoms with Gasteiger partial charge < -0.3 is 10.1 Å². The molecule has 0 saturated heterocycles. The van der Waals surface area contributed by atoms with E-state index in [-0.39, 0.29) is 17.5 Å². The molecule has 0 bridgehead atoms. The van der Waals surface area contributed by atoms with Crippen molar-refractivity contribution >= 4 is 9.84 Å². The first kappa shape index (κ1) is 17.0. The third kappa shape index (κ3) is 5.51. The SMILES string of the molecule is CCNC(CCCS(=O)(=O)CC)c1cccc(OC)c1. The normalized spacial score (nSPS) is 13.2. The summed E-state index contributed by atoms with van der Waals surface area (Å²) in [5.41, 5.74) is 1.14. The van der Waals surface area contributed by atoms with Crippen LogP contribution in [0.4, 0.5) is 0 Å². The van der Waals surface area contributed by atoms with Crippen molar-refractivity contribution in [3.05, 3.63) is 29.8 Å². The lowest BCUT2D eigenvalue weighted by Gasteiger charge is -2.19. The van der Waals surface area contributed by atoms with E-state index >= 15 is 0 Å². The van der Waals surface area contributed by atoms with Gasteiger partial charge in [0.2, 0.25) is 0 Å². The third-order valence-electron chi connectivity index (χ3n) is 3.33. The predicted octanol–water partition coefficient (Wildman–Crippen LogP) is 2.56. The lowest BCUT2D eigenvalue weighted by Crippen LogP contribution is -2.22. The second-order valence-electron chi connectivity index (χ2n) is 4.77. The van der Waals surface area contributed by atoms with Crippen LogP contribution in [0.3, 0.4) is 0 Å². The van der Waals surface area contributed by atoms with Crippen molar-refractivity contribution in [3.8, 4) is 5.75 Å². The second-order valence-corrected chi connectivity index (χ2v) is 7.24. The third-order valence-corrected chi connectivity index (χ3v) is 5.12. The Labute approximate surface area is 122 Å². The quantitative estimate of drug-likeness (QED) is 0.761. The molecule has 1 rings (SSSR count). The van der Waals surface area contributed by atoms with Crippen LogP contribution in [-0.2, 0) is 9.84 Å². The van der Waals surface area contributed by atoms with Crippen molar-refractivity contribution in [1.82, 2.24) is 5.32 Å². The number of hydrogen-bond acceptors (Lipinski definition) is 4. The van der Waals surface area contributed by atoms with Gasteiger partial charge in [0, 0.05) is 11.8 Å². The molecule has 0 amide bonds. The van der Waals surface area contributed by atoms with E-state index in [1.807, 2.05) is 24.3 Å². The molecule has 4 nitrogen and oxygen atoms in total. The lowest BCUT2D eigenvalue weighted by molar-refractivity contribution is 0.412. The molecule has 20 heavy (non-hydrogen) atoms. The van der Waals surface area contributed by atoms with Gasteiger partial charge in [-0.25, -0.2) is 8.42 Å². The van der Waals surface area contributed by atoms with Crippen molar-refractivity contribution in [2.45, 2.75) is 32.7 Å². The van der Waals surface area contributed by atoms with E-state index in [0.29, 0.717) is 6.42 Å². The van der Waals surface area contributed by atoms with Gasteiger partial charge >= 0.3 is 0 Å². The van der Waals surface area contributed by atoms with Crippen LogP contribution in [0.5, 0.6) is 5.75 Å². The van der Waals surface area contributed by atoms with Crippen LogP contribution in [0.15, 0.2) is 24.3 Å². The van der Waals surface area contributed by atoms with Crippen LogP contribution in [0, 0.1) is 0 Å². The van der Waals surface area contributed by atoms with E-state index in [1.165, 1.54) is 0 Å². The fourth-order valence-corrected chi connectivity index (χ4v) is 3.04. The number of hydrogen-bond donors (Lipinski definition) is 1. The summed E-state index contributed by atoms with van der Waals surface area (Å²) in [7, 11) is -1.23. The monoisotopic (exact) mass is 299 g/mol. The second kappa shape index (κ2) is 8.27. The molecule has 1 aromatic rings. The number of nitrogens with one attached hydrogen (secondary N) is 1. The van der Waals surface area contributed by atoms with E-state index in [9.17, 15) is 8.42 Å². The van der Waals surface area contributed by atoms with Gasteiger partial charge in [-0.2, -0.15) is 0 Å². The van der Waals surface area contributed by atoms with Crippen molar-refractivity contribution < 1.29 is 13.2 Å². The minimum Gasteiger partial charge on any atom is -0.497 e. The molecule has 0 aliphatic rings. The Hall–Kier alpha value is -1.07. The summed E-state index contributed by atoms with van der Waals surface area (Å²) in [6.07, 6.45) is 1.48. The number of sulfone groups is 1. The molecule has 0 radical (unpaired) electrons. The van der Waals surface area contributed by atoms with Crippen LogP contribution in [0.1, 0.15) is 38.3 Å². The van der Waals surface area contributed by atoms with Crippen molar-refractivity contribution in [3.63, 3.8) is 0 Å². The standard InChI is InChI=1S/C15H25NO3S/c1-4-16-15(10-7-11-20(17,18)5-2)13-8-6-9-14(12-13)19-3/h6,8-9,12,15-16H,4-5,7,10-11H2,1-3H3. The van der Waals surface area contributed by atoms with Crippen LogP contribution in [0.25, 0.3) is 0 Å². The Balaban J connectivity index is 2.68. The molecule has 114 valence electrons. The van der Waals surface area contributed by atoms with Gasteiger partial charge in [0.15, 0.2) is 0 Å². The van der Waals surface area contributed by atoms with E-state index in [2.05, 4.69) is 12.2 Å². The fraction of sp³-hybridized carbons (Fsp3) is 0.600. The Morgan fingerprint density at radius 3 is 2.65 bits per heavy atom. The topological polar surface area (TPSA) is 55.4 Å². The number of methoxy groups -OCH3 is 1. The van der Waals surface area contributed by atoms with Gasteiger partial charge in [-0.05, 0) is 37.1 Å². The molecular weight excluding hydrogens is 274 g/mol. The highest BCUT2D eigenvalue weighted by molar-refractivity contribution is 7.91. The predicted molar refractivity (Wildman–Crippen MR) is 83.0 cm³/mol. The first-order chi connectivity index (χ1) is 9.52. The van der Waals surface area contributed by atoms with Crippen LogP contribution in [0.2, 0.25) is 0 Å². The van der Waals surface area contributed by atoms with Gasteiger partial charge in [0.1, 0.15) is 15.6 Å². The lowest BCUT2D eigenvalue weighted by atomic mass is 10.0. The molecule has 1 atom stereocenters. The molecule has 0 aromatic heterocycles. The summed E-state index contributed by atoms with van der Waals surface area (Å²) in [5.74, 6) is 1.31. The average molecular weight is 299 g/mol. The molecule has 0 saturated carbocycles. The maximum absolute atomic E-state index is 11.5. The summed E-state index contributed by atoms with van der Waals surface area (Å²) >= 11 is 0. The molecule has 1 aromatic carbocycles. The van der Waals surface area contributed by atoms with Crippen molar-refractivity contribution in [2.24, 2.45) is 0 Å². The highest BCUT2D eigenvalue weighted by Crippen LogP contribution is 2.23. The van der Waals surface area contributed by atoms with Gasteiger partial charge in [-0.3, -0.25) is 0 Å². The summed E-state index contributed by atoms with van der Waals surface area (Å²) in [6, 6.07) is 8.09. The Kier molecular flexibility index (Phi) is 7.02. The maximum atomic E-state index is 11.5. The van der Waals surface area contributed by atoms with Crippen molar-refractivity contribution in [2.75, 3.05) is 25.2 Å². The minimum atomic E-state index is -2.88. The fourth-order valence-electron chi connectivity index (χ4n) is 2.14. The molecule has 0 heterocycles. The van der Waals surface area contributed by atoms with E-state index in [1.54, 1.807) is 14.0 Å². The molecule has 1 unspecified atom stereocenters. The van der Waals surface area contributed by atoms with Gasteiger partial charge in [-0.15, -0.1) is 0 Å². The van der Waals surface area contributed by atoms with Gasteiger partial charge in [-0.1, -0.05) is 26.0 Å². The van der Waals surface area contributed by atoms with Crippen LogP contribution in [-0.4, -0.2) is 33.6 Å². The molecule has 1 N–H and O–H groups in total. The zero-order chi connectivity index (χ0) is 15.0. The van der Waals surface area contributed by atoms with Crippen molar-refractivity contribution in [1.29, 1.82) is 0 Å². The Morgan fingerprint density at radius 2 is 2.05 bits per heavy atom. The van der Waals surface area contributed by atoms with Crippen LogP contribution >= 0.6 is 0 Å². The molecule has 5 heteroatoms. The van der Waals surface area contributed by atoms with E-state index in [4.69, 9.17) is 4.74 Å². The van der Waals surface area contributed by atoms with Gasteiger partial charge in [0.05, 0.1) is 12.9 Å². The molecule has 0 aliphatic carbocycles. The molecule has 0 fully saturated rings. The molecule has 0 aliphatic heterocycles. The molecular formula is C15H25NO3S. The minimum absolute atomic E-state index is 0.169. The zero-order valence-electron chi connectivity index (χ0n) is 12.6. The zero-order valence-corrected chi connectivity index (χ0v) is 13.4. The van der Waals surface area contributed by atoms with E-state index < -0.39 is 9.84 Å². The average Bonchev–Trinajstić information content (AvgIpc) is 2.46. The summed E-state index contributed by atoms with van der Waals surface area (Å²) in [4.78, 5) is 0. The highest BCUT2D eigenvalue weighted by Gasteiger charge is 2.13. The van der Waals surface area contributed by atoms with E-state index in [0.717, 1.165) is 24.3 Å². The smallest absolute Gasteiger partial charge is 0.150 e. The summed E-state index contributed by atoms with van der Waals surface area (Å²) in [6.45, 7) is 4.59. The maximum Gasteiger partial charge on any atom is 0.150 e. The van der Waals surface area contributed by atoms with Gasteiger partial charge in [0.25, 0.3) is 0 Å². The Bertz CT molecular complexity index is 500. The first-order valence-corrected chi connectivity index (χ1v) is 8.92. The first-order valence-electron chi connectivity index (χ1n) is 7.10. The summed E-state index contributed by atoms with van der Waals surface area (Å²) in [5, 5.41) is 3.40. The highest BCUT2D eigenvalue weighted by atomic mass is 32.2. The summed E-state index contributed by atoms with van der Waals surface area (Å²) < 4.78 is 28.3. The molecule has 0 spiro atoms.